The number of nitrogens with one attached hydrogen (secondary N) is 2. The second kappa shape index (κ2) is 14.3. The molecule has 0 saturated carbocycles. The molecule has 1 aliphatic heterocycles. The molecule has 1 fully saturated rings. The maximum Gasteiger partial charge on any atom is 0.277 e. The SMILES string of the molecule is CCn1c(CNC(=O)c2nc(Cl)c(N)nc2N)[n+](CC)c2ccc(OCCNC(=O)CN3CCOCC3)cc21.[Cl-]. The van der Waals surface area contributed by atoms with Crippen LogP contribution in [0.1, 0.15) is 30.2 Å². The van der Waals surface area contributed by atoms with Gasteiger partial charge in [0, 0.05) is 19.2 Å². The van der Waals surface area contributed by atoms with E-state index in [1.54, 1.807) is 0 Å². The molecule has 1 saturated heterocycles. The molecule has 6 N–H and O–H groups in total. The zero-order valence-corrected chi connectivity index (χ0v) is 24.1. The van der Waals surface area contributed by atoms with Gasteiger partial charge < -0.3 is 44.0 Å². The number of hydrogen-bond acceptors (Lipinski definition) is 9. The lowest BCUT2D eigenvalue weighted by atomic mass is 10.3. The molecule has 0 aliphatic carbocycles. The second-order valence-corrected chi connectivity index (χ2v) is 9.32. The zero-order chi connectivity index (χ0) is 27.9. The lowest BCUT2D eigenvalue weighted by Crippen LogP contribution is -3.00. The van der Waals surface area contributed by atoms with E-state index in [4.69, 9.17) is 32.5 Å². The summed E-state index contributed by atoms with van der Waals surface area (Å²) in [5.74, 6) is 0.930. The summed E-state index contributed by atoms with van der Waals surface area (Å²) in [5.41, 5.74) is 13.3. The third-order valence-corrected chi connectivity index (χ3v) is 6.75. The summed E-state index contributed by atoms with van der Waals surface area (Å²) >= 11 is 5.93. The molecule has 0 spiro atoms. The van der Waals surface area contributed by atoms with Gasteiger partial charge in [-0.05, 0) is 26.0 Å². The van der Waals surface area contributed by atoms with Crippen LogP contribution in [0.2, 0.25) is 5.15 Å². The number of morpholine rings is 1. The minimum Gasteiger partial charge on any atom is -1.00 e. The number of anilines is 2. The van der Waals surface area contributed by atoms with Crippen LogP contribution in [0, 0.1) is 0 Å². The van der Waals surface area contributed by atoms with Crippen LogP contribution >= 0.6 is 11.6 Å². The first-order valence-corrected chi connectivity index (χ1v) is 13.3. The van der Waals surface area contributed by atoms with Crippen LogP contribution in [0.3, 0.4) is 0 Å². The molecule has 0 radical (unpaired) electrons. The lowest BCUT2D eigenvalue weighted by Gasteiger charge is -2.25. The van der Waals surface area contributed by atoms with Crippen molar-refractivity contribution >= 4 is 46.1 Å². The van der Waals surface area contributed by atoms with Gasteiger partial charge in [-0.25, -0.2) is 19.1 Å². The maximum atomic E-state index is 12.8. The first-order chi connectivity index (χ1) is 18.8. The number of halogens is 2. The summed E-state index contributed by atoms with van der Waals surface area (Å²) in [7, 11) is 0. The van der Waals surface area contributed by atoms with Crippen molar-refractivity contribution in [3.05, 3.63) is 34.9 Å². The largest absolute Gasteiger partial charge is 1.00 e. The van der Waals surface area contributed by atoms with Crippen LogP contribution in [0.25, 0.3) is 11.0 Å². The van der Waals surface area contributed by atoms with Crippen LogP contribution in [-0.2, 0) is 29.2 Å². The number of carbonyl (C=O) groups is 2. The Morgan fingerprint density at radius 2 is 1.90 bits per heavy atom. The Hall–Kier alpha value is -3.39. The number of carbonyl (C=O) groups excluding carboxylic acids is 2. The zero-order valence-electron chi connectivity index (χ0n) is 22.6. The van der Waals surface area contributed by atoms with E-state index in [9.17, 15) is 9.59 Å². The summed E-state index contributed by atoms with van der Waals surface area (Å²) in [6.07, 6.45) is 0. The smallest absolute Gasteiger partial charge is 0.277 e. The predicted octanol–water partition coefficient (Wildman–Crippen LogP) is -2.66. The Kier molecular flexibility index (Phi) is 11.1. The molecule has 218 valence electrons. The number of aryl methyl sites for hydroxylation is 2. The summed E-state index contributed by atoms with van der Waals surface area (Å²) in [6.45, 7) is 9.62. The number of hydrogen-bond donors (Lipinski definition) is 4. The van der Waals surface area contributed by atoms with Crippen molar-refractivity contribution in [2.75, 3.05) is 57.5 Å². The Balaban J connectivity index is 0.00000441. The molecule has 1 aromatic carbocycles. The van der Waals surface area contributed by atoms with Gasteiger partial charge in [-0.3, -0.25) is 14.5 Å². The number of amides is 2. The highest BCUT2D eigenvalue weighted by Gasteiger charge is 2.25. The van der Waals surface area contributed by atoms with Crippen LogP contribution < -0.4 is 43.8 Å². The fourth-order valence-electron chi connectivity index (χ4n) is 4.59. The molecule has 2 aromatic heterocycles. The van der Waals surface area contributed by atoms with Crippen molar-refractivity contribution < 1.29 is 36.0 Å². The van der Waals surface area contributed by atoms with E-state index in [0.717, 1.165) is 29.9 Å². The fraction of sp³-hybridized carbons (Fsp3) is 0.480. The molecule has 2 amide bonds. The average Bonchev–Trinajstić information content (AvgIpc) is 3.23. The normalized spacial score (nSPS) is 13.6. The first-order valence-electron chi connectivity index (χ1n) is 12.9. The molecule has 0 unspecified atom stereocenters. The quantitative estimate of drug-likeness (QED) is 0.137. The minimum atomic E-state index is -0.503. The molecule has 40 heavy (non-hydrogen) atoms. The van der Waals surface area contributed by atoms with Gasteiger partial charge in [-0.15, -0.1) is 0 Å². The number of aromatic nitrogens is 4. The van der Waals surface area contributed by atoms with Crippen molar-refractivity contribution in [2.45, 2.75) is 33.5 Å². The van der Waals surface area contributed by atoms with Crippen LogP contribution in [0.5, 0.6) is 5.75 Å². The van der Waals surface area contributed by atoms with Crippen LogP contribution in [-0.4, -0.2) is 77.2 Å². The lowest BCUT2D eigenvalue weighted by molar-refractivity contribution is -0.676. The van der Waals surface area contributed by atoms with E-state index < -0.39 is 5.91 Å². The van der Waals surface area contributed by atoms with Crippen molar-refractivity contribution in [2.24, 2.45) is 0 Å². The number of rotatable bonds is 11. The van der Waals surface area contributed by atoms with E-state index in [1.807, 2.05) is 32.0 Å². The van der Waals surface area contributed by atoms with Gasteiger partial charge in [-0.1, -0.05) is 11.6 Å². The third-order valence-electron chi connectivity index (χ3n) is 6.47. The van der Waals surface area contributed by atoms with Gasteiger partial charge in [0.15, 0.2) is 33.5 Å². The third kappa shape index (κ3) is 7.22. The van der Waals surface area contributed by atoms with Crippen LogP contribution in [0.4, 0.5) is 11.6 Å². The molecule has 13 nitrogen and oxygen atoms in total. The van der Waals surface area contributed by atoms with E-state index in [0.29, 0.717) is 51.7 Å². The highest BCUT2D eigenvalue weighted by Crippen LogP contribution is 2.22. The van der Waals surface area contributed by atoms with Crippen LogP contribution in [0.15, 0.2) is 18.2 Å². The standard InChI is InChI=1S/C25H34ClN9O4.ClH/c1-3-34-17-6-5-16(39-10-7-29-19(36)15-33-8-11-38-12-9-33)13-18(17)35(4-2)20(34)14-30-25(37)21-23(27)32-24(28)22(26)31-21;/h5-6,13H,3-4,7-12,14-15H2,1-2H3,(H5-,27,28,29,30,32,36,37);1H. The number of imidazole rings is 1. The first kappa shape index (κ1) is 31.1. The summed E-state index contributed by atoms with van der Waals surface area (Å²) < 4.78 is 15.5. The van der Waals surface area contributed by atoms with Crippen molar-refractivity contribution in [1.82, 2.24) is 30.1 Å². The number of nitrogen functional groups attached to an aromatic ring is 2. The predicted molar refractivity (Wildman–Crippen MR) is 146 cm³/mol. The highest BCUT2D eigenvalue weighted by atomic mass is 35.5. The van der Waals surface area contributed by atoms with Gasteiger partial charge in [0.25, 0.3) is 11.7 Å². The van der Waals surface area contributed by atoms with Gasteiger partial charge >= 0.3 is 0 Å². The van der Waals surface area contributed by atoms with Gasteiger partial charge in [-0.2, -0.15) is 0 Å². The van der Waals surface area contributed by atoms with Crippen molar-refractivity contribution in [3.63, 3.8) is 0 Å². The summed E-state index contributed by atoms with van der Waals surface area (Å²) in [5, 5.41) is 5.69. The van der Waals surface area contributed by atoms with E-state index in [2.05, 4.69) is 34.6 Å². The van der Waals surface area contributed by atoms with E-state index in [-0.39, 0.29) is 47.3 Å². The fourth-order valence-corrected chi connectivity index (χ4v) is 4.71. The second-order valence-electron chi connectivity index (χ2n) is 8.96. The number of ether oxygens (including phenoxy) is 2. The molecule has 3 heterocycles. The Morgan fingerprint density at radius 1 is 1.15 bits per heavy atom. The number of fused-ring (bicyclic) bond motifs is 1. The Labute approximate surface area is 243 Å². The monoisotopic (exact) mass is 595 g/mol. The molecule has 15 heteroatoms. The number of benzene rings is 1. The molecule has 4 rings (SSSR count). The summed E-state index contributed by atoms with van der Waals surface area (Å²) in [4.78, 5) is 34.9. The molecule has 3 aromatic rings. The van der Waals surface area contributed by atoms with Gasteiger partial charge in [0.2, 0.25) is 5.91 Å². The van der Waals surface area contributed by atoms with Gasteiger partial charge in [0.05, 0.1) is 39.4 Å². The van der Waals surface area contributed by atoms with Crippen molar-refractivity contribution in [3.8, 4) is 5.75 Å². The Bertz CT molecular complexity index is 1350. The average molecular weight is 597 g/mol. The highest BCUT2D eigenvalue weighted by molar-refractivity contribution is 6.31. The van der Waals surface area contributed by atoms with E-state index >= 15 is 0 Å². The number of nitrogens with zero attached hydrogens (tertiary/aromatic N) is 5. The molecule has 0 atom stereocenters. The Morgan fingerprint density at radius 3 is 2.60 bits per heavy atom. The molecular weight excluding hydrogens is 561 g/mol. The molecule has 1 aliphatic rings. The molecule has 0 bridgehead atoms. The minimum absolute atomic E-state index is 0. The number of nitrogens with two attached hydrogens (primary N) is 2. The maximum absolute atomic E-state index is 12.8. The molecular formula is C25H35Cl2N9O4. The van der Waals surface area contributed by atoms with Crippen molar-refractivity contribution in [1.29, 1.82) is 0 Å². The van der Waals surface area contributed by atoms with Gasteiger partial charge in [0.1, 0.15) is 18.9 Å². The topological polar surface area (TPSA) is 167 Å². The van der Waals surface area contributed by atoms with E-state index in [1.165, 1.54) is 0 Å². The summed E-state index contributed by atoms with van der Waals surface area (Å²) in [6, 6.07) is 5.86.